The topological polar surface area (TPSA) is 62.2 Å². The van der Waals surface area contributed by atoms with Crippen LogP contribution in [0.3, 0.4) is 0 Å². The molecule has 0 bridgehead atoms. The smallest absolute Gasteiger partial charge is 0.128 e. The van der Waals surface area contributed by atoms with Crippen molar-refractivity contribution in [2.45, 2.75) is 77.6 Å². The van der Waals surface area contributed by atoms with Gasteiger partial charge in [0, 0.05) is 35.8 Å². The van der Waals surface area contributed by atoms with Gasteiger partial charge < -0.3 is 24.6 Å². The van der Waals surface area contributed by atoms with Crippen LogP contribution in [0.4, 0.5) is 0 Å². The van der Waals surface area contributed by atoms with E-state index in [0.29, 0.717) is 12.2 Å². The van der Waals surface area contributed by atoms with E-state index in [1.807, 2.05) is 18.2 Å². The van der Waals surface area contributed by atoms with E-state index in [2.05, 4.69) is 55.8 Å². The summed E-state index contributed by atoms with van der Waals surface area (Å²) >= 11 is 0. The molecule has 3 rings (SSSR count). The summed E-state index contributed by atoms with van der Waals surface area (Å²) in [6.07, 6.45) is 12.5. The van der Waals surface area contributed by atoms with Gasteiger partial charge in [-0.25, -0.2) is 0 Å². The number of nitrogens with zero attached hydrogens (tertiary/aromatic N) is 1. The fourth-order valence-electron chi connectivity index (χ4n) is 5.17. The highest BCUT2D eigenvalue weighted by atomic mass is 16.5. The fourth-order valence-corrected chi connectivity index (χ4v) is 5.17. The minimum absolute atomic E-state index is 0.0192. The first-order valence-corrected chi connectivity index (χ1v) is 15.1. The molecule has 0 aromatic heterocycles. The van der Waals surface area contributed by atoms with Gasteiger partial charge in [-0.1, -0.05) is 77.3 Å². The molecule has 0 saturated carbocycles. The van der Waals surface area contributed by atoms with Gasteiger partial charge in [0.05, 0.1) is 19.0 Å². The minimum atomic E-state index is 0.0192. The van der Waals surface area contributed by atoms with Crippen LogP contribution >= 0.6 is 0 Å². The lowest BCUT2D eigenvalue weighted by Crippen LogP contribution is -2.32. The van der Waals surface area contributed by atoms with Crippen molar-refractivity contribution in [3.05, 3.63) is 84.7 Å². The molecule has 1 aliphatic rings. The van der Waals surface area contributed by atoms with Crippen LogP contribution in [0.2, 0.25) is 0 Å². The zero-order valence-electron chi connectivity index (χ0n) is 24.5. The maximum absolute atomic E-state index is 9.97. The molecular formula is C35H49NO4. The molecule has 0 spiro atoms. The van der Waals surface area contributed by atoms with Crippen LogP contribution in [0, 0.1) is 5.92 Å². The van der Waals surface area contributed by atoms with Gasteiger partial charge in [-0.05, 0) is 68.0 Å². The zero-order chi connectivity index (χ0) is 28.7. The van der Waals surface area contributed by atoms with Crippen LogP contribution < -0.4 is 9.47 Å². The number of ether oxygens (including phenoxy) is 2. The third kappa shape index (κ3) is 10.0. The number of rotatable bonds is 18. The Balaban J connectivity index is 1.45. The first-order valence-electron chi connectivity index (χ1n) is 15.1. The number of allylic oxidation sites excluding steroid dienone is 1. The Hall–Kier alpha value is -3.34. The number of hydrogen-bond acceptors (Lipinski definition) is 5. The van der Waals surface area contributed by atoms with E-state index >= 15 is 0 Å². The van der Waals surface area contributed by atoms with E-state index in [1.165, 1.54) is 44.1 Å². The molecule has 1 aliphatic heterocycles. The number of benzene rings is 2. The number of unbranched alkanes of at least 4 members (excludes halogenated alkanes) is 6. The van der Waals surface area contributed by atoms with Gasteiger partial charge in [0.15, 0.2) is 0 Å². The largest absolute Gasteiger partial charge is 0.513 e. The number of aliphatic hydroxyl groups is 2. The second-order valence-corrected chi connectivity index (χ2v) is 10.9. The lowest BCUT2D eigenvalue weighted by Gasteiger charge is -2.35. The van der Waals surface area contributed by atoms with Crippen molar-refractivity contribution < 1.29 is 19.7 Å². The van der Waals surface area contributed by atoms with E-state index < -0.39 is 0 Å². The molecule has 0 amide bonds. The van der Waals surface area contributed by atoms with E-state index in [4.69, 9.17) is 9.47 Å². The highest BCUT2D eigenvalue weighted by molar-refractivity contribution is 5.72. The number of aryl methyl sites for hydroxylation is 1. The van der Waals surface area contributed by atoms with Crippen molar-refractivity contribution in [3.63, 3.8) is 0 Å². The summed E-state index contributed by atoms with van der Waals surface area (Å²) in [4.78, 5) is 2.21. The third-order valence-electron chi connectivity index (χ3n) is 7.78. The van der Waals surface area contributed by atoms with Gasteiger partial charge in [0.2, 0.25) is 0 Å². The lowest BCUT2D eigenvalue weighted by atomic mass is 9.94. The van der Waals surface area contributed by atoms with Gasteiger partial charge in [0.25, 0.3) is 0 Å². The van der Waals surface area contributed by atoms with Gasteiger partial charge >= 0.3 is 0 Å². The van der Waals surface area contributed by atoms with Crippen molar-refractivity contribution in [2.24, 2.45) is 5.92 Å². The average Bonchev–Trinajstić information content (AvgIpc) is 2.97. The Bertz CT molecular complexity index is 1080. The second-order valence-electron chi connectivity index (χ2n) is 10.9. The molecule has 40 heavy (non-hydrogen) atoms. The quantitative estimate of drug-likeness (QED) is 0.144. The summed E-state index contributed by atoms with van der Waals surface area (Å²) in [6.45, 7) is 16.9. The lowest BCUT2D eigenvalue weighted by molar-refractivity contribution is 0.224. The van der Waals surface area contributed by atoms with Crippen LogP contribution in [0.1, 0.15) is 87.8 Å². The molecule has 2 N–H and O–H groups in total. The van der Waals surface area contributed by atoms with Crippen LogP contribution in [0.5, 0.6) is 11.5 Å². The molecule has 2 aromatic carbocycles. The number of piperidine rings is 1. The van der Waals surface area contributed by atoms with Crippen molar-refractivity contribution in [1.82, 2.24) is 4.90 Å². The molecule has 0 unspecified atom stereocenters. The predicted molar refractivity (Wildman–Crippen MR) is 167 cm³/mol. The Morgan fingerprint density at radius 3 is 2.12 bits per heavy atom. The molecule has 1 heterocycles. The molecule has 0 radical (unpaired) electrons. The summed E-state index contributed by atoms with van der Waals surface area (Å²) in [5.74, 6) is 2.10. The molecule has 218 valence electrons. The molecular weight excluding hydrogens is 498 g/mol. The minimum Gasteiger partial charge on any atom is -0.513 e. The Labute approximate surface area is 241 Å². The monoisotopic (exact) mass is 547 g/mol. The van der Waals surface area contributed by atoms with Gasteiger partial charge in [-0.15, -0.1) is 0 Å². The summed E-state index contributed by atoms with van der Waals surface area (Å²) in [6, 6.07) is 14.0. The number of aliphatic hydroxyl groups excluding tert-OH is 2. The van der Waals surface area contributed by atoms with Crippen LogP contribution in [-0.2, 0) is 6.42 Å². The second kappa shape index (κ2) is 16.7. The number of likely N-dealkylation sites (tertiary alicyclic amines) is 1. The maximum atomic E-state index is 9.97. The van der Waals surface area contributed by atoms with E-state index in [-0.39, 0.29) is 17.4 Å². The van der Waals surface area contributed by atoms with Crippen LogP contribution in [0.15, 0.2) is 68.0 Å². The Morgan fingerprint density at radius 1 is 0.825 bits per heavy atom. The maximum Gasteiger partial charge on any atom is 0.128 e. The Kier molecular flexibility index (Phi) is 13.0. The molecule has 1 saturated heterocycles. The van der Waals surface area contributed by atoms with Gasteiger partial charge in [-0.2, -0.15) is 0 Å². The fraction of sp³-hybridized carbons (Fsp3) is 0.486. The molecule has 5 heteroatoms. The highest BCUT2D eigenvalue weighted by Gasteiger charge is 2.24. The Morgan fingerprint density at radius 2 is 1.48 bits per heavy atom. The number of hydrogen-bond donors (Lipinski definition) is 2. The van der Waals surface area contributed by atoms with Crippen molar-refractivity contribution >= 4 is 11.5 Å². The normalized spacial score (nSPS) is 13.7. The highest BCUT2D eigenvalue weighted by Crippen LogP contribution is 2.33. The summed E-state index contributed by atoms with van der Waals surface area (Å²) in [5, 5.41) is 19.7. The first kappa shape index (κ1) is 31.2. The molecule has 2 aromatic rings. The van der Waals surface area contributed by atoms with Crippen molar-refractivity contribution in [3.8, 4) is 11.5 Å². The summed E-state index contributed by atoms with van der Waals surface area (Å²) in [7, 11) is 0. The summed E-state index contributed by atoms with van der Waals surface area (Å²) < 4.78 is 12.1. The van der Waals surface area contributed by atoms with E-state index in [0.717, 1.165) is 74.6 Å². The van der Waals surface area contributed by atoms with Crippen LogP contribution in [0.25, 0.3) is 11.5 Å². The third-order valence-corrected chi connectivity index (χ3v) is 7.78. The molecule has 1 fully saturated rings. The standard InChI is InChI=1S/C35H49NO4/c1-5-6-7-8-9-10-11-24-39-33-17-14-30(15-18-33)13-12-25-40-35-19-16-32(29(4)38)26-34(35)27(2)36-22-20-31(21-23-36)28(3)37/h14-19,26,31,37-38H,2-13,20-25H2,1H3. The van der Waals surface area contributed by atoms with E-state index in [1.54, 1.807) is 0 Å². The summed E-state index contributed by atoms with van der Waals surface area (Å²) in [5.41, 5.74) is 3.62. The SMILES string of the molecule is C=C(O)c1ccc(OCCCc2ccc(OCCCCCCCCC)cc2)c(C(=C)N2CCC(C(=C)O)CC2)c1. The van der Waals surface area contributed by atoms with Gasteiger partial charge in [0.1, 0.15) is 17.3 Å². The zero-order valence-corrected chi connectivity index (χ0v) is 24.5. The van der Waals surface area contributed by atoms with Gasteiger partial charge in [-0.3, -0.25) is 0 Å². The van der Waals surface area contributed by atoms with Crippen molar-refractivity contribution in [1.29, 1.82) is 0 Å². The van der Waals surface area contributed by atoms with Crippen LogP contribution in [-0.4, -0.2) is 41.4 Å². The molecule has 0 aliphatic carbocycles. The van der Waals surface area contributed by atoms with Crippen molar-refractivity contribution in [2.75, 3.05) is 26.3 Å². The predicted octanol–water partition coefficient (Wildman–Crippen LogP) is 9.11. The first-order chi connectivity index (χ1) is 19.4. The van der Waals surface area contributed by atoms with E-state index in [9.17, 15) is 10.2 Å². The molecule has 0 atom stereocenters. The average molecular weight is 548 g/mol. The molecule has 5 nitrogen and oxygen atoms in total.